The van der Waals surface area contributed by atoms with Crippen molar-refractivity contribution in [3.8, 4) is 11.5 Å². The number of aryl methyl sites for hydroxylation is 1. The molecule has 0 saturated carbocycles. The van der Waals surface area contributed by atoms with Crippen LogP contribution >= 0.6 is 11.3 Å². The highest BCUT2D eigenvalue weighted by Crippen LogP contribution is 2.30. The minimum absolute atomic E-state index is 0.0918. The molecule has 0 amide bonds. The van der Waals surface area contributed by atoms with Gasteiger partial charge >= 0.3 is 0 Å². The van der Waals surface area contributed by atoms with Crippen LogP contribution in [0, 0.1) is 0 Å². The molecular formula is C16H18N4O3S. The number of methoxy groups -OCH3 is 1. The lowest BCUT2D eigenvalue weighted by atomic mass is 10.2. The molecule has 0 unspecified atom stereocenters. The number of aromatic hydroxyl groups is 1. The third kappa shape index (κ3) is 3.18. The number of benzene rings is 1. The number of nitrogens with zero attached hydrogens (tertiary/aromatic N) is 3. The molecule has 0 spiro atoms. The summed E-state index contributed by atoms with van der Waals surface area (Å²) in [6.45, 7) is 2.41. The summed E-state index contributed by atoms with van der Waals surface area (Å²) in [6, 6.07) is 6.81. The molecule has 8 heteroatoms. The van der Waals surface area contributed by atoms with Crippen molar-refractivity contribution < 1.29 is 9.84 Å². The molecule has 0 aliphatic rings. The number of para-hydroxylation sites is 1. The van der Waals surface area contributed by atoms with Crippen LogP contribution in [0.5, 0.6) is 11.5 Å². The molecule has 0 saturated heterocycles. The Labute approximate surface area is 142 Å². The average Bonchev–Trinajstić information content (AvgIpc) is 2.98. The van der Waals surface area contributed by atoms with E-state index in [0.29, 0.717) is 28.0 Å². The summed E-state index contributed by atoms with van der Waals surface area (Å²) < 4.78 is 6.38. The predicted molar refractivity (Wildman–Crippen MR) is 93.1 cm³/mol. The lowest BCUT2D eigenvalue weighted by Gasteiger charge is -2.08. The highest BCUT2D eigenvalue weighted by molar-refractivity contribution is 7.20. The third-order valence-corrected chi connectivity index (χ3v) is 4.40. The quantitative estimate of drug-likeness (QED) is 0.713. The van der Waals surface area contributed by atoms with E-state index in [9.17, 15) is 9.90 Å². The van der Waals surface area contributed by atoms with Gasteiger partial charge in [-0.2, -0.15) is 4.52 Å². The molecule has 0 fully saturated rings. The van der Waals surface area contributed by atoms with Gasteiger partial charge in [-0.3, -0.25) is 4.79 Å². The molecule has 2 aromatic heterocycles. The van der Waals surface area contributed by atoms with E-state index in [1.807, 2.05) is 6.92 Å². The Bertz CT molecular complexity index is 919. The van der Waals surface area contributed by atoms with E-state index in [-0.39, 0.29) is 11.3 Å². The molecule has 7 nitrogen and oxygen atoms in total. The predicted octanol–water partition coefficient (Wildman–Crippen LogP) is 2.43. The fraction of sp³-hybridized carbons (Fsp3) is 0.312. The second-order valence-electron chi connectivity index (χ2n) is 5.26. The Balaban J connectivity index is 1.83. The van der Waals surface area contributed by atoms with Crippen LogP contribution in [0.2, 0.25) is 0 Å². The number of phenols is 1. The summed E-state index contributed by atoms with van der Waals surface area (Å²) in [4.78, 5) is 17.1. The molecule has 0 bridgehead atoms. The van der Waals surface area contributed by atoms with Crippen LogP contribution in [0.3, 0.4) is 0 Å². The van der Waals surface area contributed by atoms with E-state index in [1.54, 1.807) is 18.2 Å². The minimum Gasteiger partial charge on any atom is -0.504 e. The van der Waals surface area contributed by atoms with Crippen LogP contribution in [0.4, 0.5) is 5.13 Å². The van der Waals surface area contributed by atoms with Crippen molar-refractivity contribution in [3.63, 3.8) is 0 Å². The van der Waals surface area contributed by atoms with E-state index >= 15 is 0 Å². The molecule has 0 aliphatic heterocycles. The van der Waals surface area contributed by atoms with Gasteiger partial charge in [-0.1, -0.05) is 36.8 Å². The summed E-state index contributed by atoms with van der Waals surface area (Å²) >= 11 is 1.30. The molecule has 24 heavy (non-hydrogen) atoms. The van der Waals surface area contributed by atoms with Crippen LogP contribution < -0.4 is 15.6 Å². The highest BCUT2D eigenvalue weighted by atomic mass is 32.1. The lowest BCUT2D eigenvalue weighted by molar-refractivity contribution is 0.371. The van der Waals surface area contributed by atoms with Crippen molar-refractivity contribution in [2.45, 2.75) is 26.3 Å². The molecular weight excluding hydrogens is 328 g/mol. The molecule has 1 aromatic carbocycles. The number of phenolic OH excluding ortho intramolecular Hbond substituents is 1. The van der Waals surface area contributed by atoms with E-state index in [0.717, 1.165) is 18.5 Å². The standard InChI is InChI=1S/C16H18N4O3S/c1-3-5-11-8-13(21)20-16(18-11)24-15(19-20)17-9-10-6-4-7-12(23-2)14(10)22/h4,6-8,22H,3,5,9H2,1-2H3,(H,17,19). The molecule has 0 radical (unpaired) electrons. The van der Waals surface area contributed by atoms with E-state index in [1.165, 1.54) is 29.0 Å². The molecule has 3 rings (SSSR count). The summed E-state index contributed by atoms with van der Waals surface area (Å²) in [5, 5.41) is 18.0. The summed E-state index contributed by atoms with van der Waals surface area (Å²) in [6.07, 6.45) is 1.70. The van der Waals surface area contributed by atoms with Gasteiger partial charge in [-0.05, 0) is 12.5 Å². The molecule has 2 heterocycles. The average molecular weight is 346 g/mol. The maximum absolute atomic E-state index is 12.1. The second kappa shape index (κ2) is 6.88. The number of fused-ring (bicyclic) bond motifs is 1. The lowest BCUT2D eigenvalue weighted by Crippen LogP contribution is -2.15. The topological polar surface area (TPSA) is 88.8 Å². The summed E-state index contributed by atoms with van der Waals surface area (Å²) in [5.74, 6) is 0.509. The molecule has 2 N–H and O–H groups in total. The number of hydrogen-bond donors (Lipinski definition) is 2. The molecule has 3 aromatic rings. The first-order valence-electron chi connectivity index (χ1n) is 7.61. The van der Waals surface area contributed by atoms with Gasteiger partial charge in [-0.25, -0.2) is 4.98 Å². The van der Waals surface area contributed by atoms with Gasteiger partial charge in [0.05, 0.1) is 7.11 Å². The Morgan fingerprint density at radius 3 is 3.00 bits per heavy atom. The maximum Gasteiger partial charge on any atom is 0.275 e. The molecule has 0 aliphatic carbocycles. The van der Waals surface area contributed by atoms with Gasteiger partial charge in [0.2, 0.25) is 10.1 Å². The van der Waals surface area contributed by atoms with Gasteiger partial charge in [0, 0.05) is 23.9 Å². The second-order valence-corrected chi connectivity index (χ2v) is 6.21. The smallest absolute Gasteiger partial charge is 0.275 e. The van der Waals surface area contributed by atoms with Crippen LogP contribution in [0.1, 0.15) is 24.6 Å². The maximum atomic E-state index is 12.1. The minimum atomic E-state index is -0.183. The molecule has 0 atom stereocenters. The Morgan fingerprint density at radius 2 is 2.25 bits per heavy atom. The van der Waals surface area contributed by atoms with Gasteiger partial charge in [0.25, 0.3) is 5.56 Å². The molecule has 126 valence electrons. The van der Waals surface area contributed by atoms with Gasteiger partial charge in [0.15, 0.2) is 11.5 Å². The zero-order valence-corrected chi connectivity index (χ0v) is 14.3. The number of hydrogen-bond acceptors (Lipinski definition) is 7. The van der Waals surface area contributed by atoms with E-state index < -0.39 is 0 Å². The first kappa shape index (κ1) is 16.3. The monoisotopic (exact) mass is 346 g/mol. The van der Waals surface area contributed by atoms with Crippen molar-refractivity contribution in [2.75, 3.05) is 12.4 Å². The highest BCUT2D eigenvalue weighted by Gasteiger charge is 2.11. The zero-order chi connectivity index (χ0) is 17.1. The summed E-state index contributed by atoms with van der Waals surface area (Å²) in [7, 11) is 1.51. The van der Waals surface area contributed by atoms with Crippen LogP contribution in [0.25, 0.3) is 4.96 Å². The number of aromatic nitrogens is 3. The van der Waals surface area contributed by atoms with Gasteiger partial charge in [0.1, 0.15) is 0 Å². The van der Waals surface area contributed by atoms with Crippen molar-refractivity contribution >= 4 is 21.4 Å². The number of rotatable bonds is 6. The van der Waals surface area contributed by atoms with Crippen LogP contribution in [-0.2, 0) is 13.0 Å². The zero-order valence-electron chi connectivity index (χ0n) is 13.4. The fourth-order valence-corrected chi connectivity index (χ4v) is 3.18. The fourth-order valence-electron chi connectivity index (χ4n) is 2.36. The first-order chi connectivity index (χ1) is 11.6. The van der Waals surface area contributed by atoms with E-state index in [2.05, 4.69) is 15.4 Å². The van der Waals surface area contributed by atoms with Crippen molar-refractivity contribution in [2.24, 2.45) is 0 Å². The van der Waals surface area contributed by atoms with Crippen molar-refractivity contribution in [3.05, 3.63) is 45.9 Å². The first-order valence-corrected chi connectivity index (χ1v) is 8.42. The number of nitrogens with one attached hydrogen (secondary N) is 1. The van der Waals surface area contributed by atoms with E-state index in [4.69, 9.17) is 4.74 Å². The van der Waals surface area contributed by atoms with Gasteiger partial charge < -0.3 is 15.2 Å². The Hall–Kier alpha value is -2.61. The summed E-state index contributed by atoms with van der Waals surface area (Å²) in [5.41, 5.74) is 1.28. The third-order valence-electron chi connectivity index (χ3n) is 3.54. The largest absolute Gasteiger partial charge is 0.504 e. The van der Waals surface area contributed by atoms with Crippen molar-refractivity contribution in [1.82, 2.24) is 14.6 Å². The Morgan fingerprint density at radius 1 is 1.42 bits per heavy atom. The van der Waals surface area contributed by atoms with Gasteiger partial charge in [-0.15, -0.1) is 5.10 Å². The normalized spacial score (nSPS) is 10.9. The Kier molecular flexibility index (Phi) is 4.66. The van der Waals surface area contributed by atoms with Crippen LogP contribution in [-0.4, -0.2) is 26.8 Å². The van der Waals surface area contributed by atoms with Crippen LogP contribution in [0.15, 0.2) is 29.1 Å². The number of ether oxygens (including phenoxy) is 1. The SMILES string of the molecule is CCCc1cc(=O)n2nc(NCc3cccc(OC)c3O)sc2n1. The number of anilines is 1. The van der Waals surface area contributed by atoms with Crippen molar-refractivity contribution in [1.29, 1.82) is 0 Å².